The zero-order valence-electron chi connectivity index (χ0n) is 21.5. The predicted octanol–water partition coefficient (Wildman–Crippen LogP) is 7.32. The molecule has 0 unspecified atom stereocenters. The van der Waals surface area contributed by atoms with Crippen molar-refractivity contribution in [2.75, 3.05) is 0 Å². The molecule has 1 aliphatic rings. The van der Waals surface area contributed by atoms with Crippen LogP contribution in [0.5, 0.6) is 0 Å². The normalized spacial score (nSPS) is 9.98. The molecule has 5 rings (SSSR count). The van der Waals surface area contributed by atoms with Crippen LogP contribution < -0.4 is 15.9 Å². The van der Waals surface area contributed by atoms with Gasteiger partial charge >= 0.3 is 89.5 Å². The van der Waals surface area contributed by atoms with Crippen molar-refractivity contribution in [3.8, 4) is 0 Å². The molecule has 5 radical (unpaired) electrons. The molecule has 0 spiro atoms. The first-order valence-electron chi connectivity index (χ1n) is 11.1. The summed E-state index contributed by atoms with van der Waals surface area (Å²) in [5.41, 5.74) is 0. The van der Waals surface area contributed by atoms with Crippen LogP contribution in [0.3, 0.4) is 0 Å². The van der Waals surface area contributed by atoms with Crippen LogP contribution in [0.15, 0.2) is 126 Å². The summed E-state index contributed by atoms with van der Waals surface area (Å²) in [5.74, 6) is 0. The van der Waals surface area contributed by atoms with Crippen LogP contribution in [0.2, 0.25) is 0 Å². The van der Waals surface area contributed by atoms with Gasteiger partial charge < -0.3 is 12.6 Å². The molecule has 4 aromatic carbocycles. The van der Waals surface area contributed by atoms with Gasteiger partial charge in [0.15, 0.2) is 0 Å². The predicted molar refractivity (Wildman–Crippen MR) is 162 cm³/mol. The molecular weight excluding hydrogens is 851 g/mol. The van der Waals surface area contributed by atoms with E-state index in [1.807, 2.05) is 62.4 Å². The van der Waals surface area contributed by atoms with E-state index in [4.69, 9.17) is 46.0 Å². The summed E-state index contributed by atoms with van der Waals surface area (Å²) < 4.78 is 22.5. The fourth-order valence-electron chi connectivity index (χ4n) is 2.92. The first-order chi connectivity index (χ1) is 19.8. The molecule has 0 heterocycles. The zero-order valence-corrected chi connectivity index (χ0v) is 29.4. The van der Waals surface area contributed by atoms with Crippen LogP contribution >= 0.6 is 27.3 Å². The Morgan fingerprint density at radius 1 is 0.463 bits per heavy atom. The zero-order chi connectivity index (χ0) is 30.3. The Kier molecular flexibility index (Phi) is 37.5. The van der Waals surface area contributed by atoms with Crippen LogP contribution in [0.25, 0.3) is 0 Å². The van der Waals surface area contributed by atoms with Crippen molar-refractivity contribution >= 4 is 55.8 Å². The Labute approximate surface area is 282 Å². The van der Waals surface area contributed by atoms with E-state index in [0.717, 1.165) is 4.90 Å². The minimum atomic E-state index is -0.446. The van der Waals surface area contributed by atoms with Gasteiger partial charge in [0.05, 0.1) is 0 Å². The van der Waals surface area contributed by atoms with E-state index < -0.39 is 7.92 Å². The summed E-state index contributed by atoms with van der Waals surface area (Å²) in [6, 6.07) is 41.9. The maximum absolute atomic E-state index is 7.50. The largest absolute Gasteiger partial charge is 2.00 e. The number of hydrogen-bond acceptors (Lipinski definition) is 1. The molecule has 0 saturated heterocycles. The van der Waals surface area contributed by atoms with Gasteiger partial charge in [-0.1, -0.05) is 121 Å². The van der Waals surface area contributed by atoms with Gasteiger partial charge in [-0.25, -0.2) is 0 Å². The number of benzene rings is 4. The Balaban J connectivity index is -0.000000543. The second-order valence-electron chi connectivity index (χ2n) is 6.67. The fraction of sp³-hybridized carbons (Fsp3) is 0. The number of rotatable bonds is 3. The van der Waals surface area contributed by atoms with E-state index in [1.54, 1.807) is 0 Å². The molecule has 41 heavy (non-hydrogen) atoms. The first-order valence-corrected chi connectivity index (χ1v) is 17.3. The monoisotopic (exact) mass is 876 g/mol. The van der Waals surface area contributed by atoms with Gasteiger partial charge in [0, 0.05) is 0 Å². The standard InChI is InChI=1S/C18H15P.C6H6S.C5H5.3CO.2ClH.Ru.W/c1-4-10-16(11-5-1)19(17-12-6-2-7-13-17)18-14-8-3-9-15-18;7-6-4-2-1-3-5-6;1-2-4-5-3-1;3*1-2;;;;/h1-15H;1-5,7H;1-5H;;;;2*1H;;/q;;;;;;;;2*+2/p-3. The van der Waals surface area contributed by atoms with Crippen molar-refractivity contribution < 1.29 is 50.2 Å². The van der Waals surface area contributed by atoms with Crippen molar-refractivity contribution in [1.29, 1.82) is 0 Å². The minimum absolute atomic E-state index is 0. The minimum Gasteiger partial charge on any atom is -0.780 e. The van der Waals surface area contributed by atoms with Gasteiger partial charge in [-0.2, -0.15) is 4.90 Å². The van der Waals surface area contributed by atoms with E-state index in [9.17, 15) is 0 Å². The van der Waals surface area contributed by atoms with Crippen LogP contribution in [-0.4, -0.2) is 0 Å². The molecule has 0 bridgehead atoms. The third kappa shape index (κ3) is 22.9. The van der Waals surface area contributed by atoms with E-state index in [0.29, 0.717) is 0 Å². The average molecular weight is 876 g/mol. The van der Waals surface area contributed by atoms with Crippen LogP contribution in [0.1, 0.15) is 0 Å². The van der Waals surface area contributed by atoms with Gasteiger partial charge in [0.25, 0.3) is 0 Å². The van der Waals surface area contributed by atoms with Gasteiger partial charge in [-0.3, -0.25) is 0 Å². The summed E-state index contributed by atoms with van der Waals surface area (Å²) in [7, 11) is 9.26. The van der Waals surface area contributed by atoms with E-state index in [2.05, 4.69) is 111 Å². The summed E-state index contributed by atoms with van der Waals surface area (Å²) in [4.78, 5) is 0.905. The molecule has 3 nitrogen and oxygen atoms in total. The number of halogens is 2. The Morgan fingerprint density at radius 3 is 0.829 bits per heavy atom. The maximum Gasteiger partial charge on any atom is 2.00 e. The topological polar surface area (TPSA) is 59.7 Å². The van der Waals surface area contributed by atoms with Crippen molar-refractivity contribution in [3.05, 3.63) is 173 Å². The van der Waals surface area contributed by atoms with Gasteiger partial charge in [0.2, 0.25) is 0 Å². The van der Waals surface area contributed by atoms with E-state index in [-0.39, 0.29) is 36.2 Å². The second kappa shape index (κ2) is 34.8. The number of hydrogen-bond donors (Lipinski definition) is 0. The molecule has 0 aliphatic heterocycles. The molecule has 0 N–H and O–H groups in total. The van der Waals surface area contributed by atoms with Crippen molar-refractivity contribution in [3.63, 3.8) is 0 Å². The van der Waals surface area contributed by atoms with E-state index in [1.165, 1.54) is 15.9 Å². The van der Waals surface area contributed by atoms with Crippen LogP contribution in [-0.2, 0) is 62.8 Å². The molecule has 209 valence electrons. The molecule has 0 atom stereocenters. The molecular formula is C32H25Cl2O3PRuSW+. The third-order valence-corrected chi connectivity index (χ3v) is 7.06. The quantitative estimate of drug-likeness (QED) is 0.0701. The second-order valence-corrected chi connectivity index (χ2v) is 12.0. The summed E-state index contributed by atoms with van der Waals surface area (Å²) in [6.07, 6.45) is 10.0. The Hall–Kier alpha value is -1.36. The van der Waals surface area contributed by atoms with Gasteiger partial charge in [-0.05, 0) is 55.9 Å². The summed E-state index contributed by atoms with van der Waals surface area (Å²) >= 11 is 4.47. The Bertz CT molecular complexity index is 1020. The molecule has 0 aromatic heterocycles. The smallest absolute Gasteiger partial charge is 0.780 e. The molecule has 9 heteroatoms. The fourth-order valence-corrected chi connectivity index (χ4v) is 5.38. The maximum atomic E-state index is 7.50. The van der Waals surface area contributed by atoms with Gasteiger partial charge in [0.1, 0.15) is 0 Å². The first kappa shape index (κ1) is 44.1. The Morgan fingerprint density at radius 2 is 0.659 bits per heavy atom. The molecule has 1 saturated carbocycles. The third-order valence-electron chi connectivity index (χ3n) is 4.34. The molecule has 1 aliphatic carbocycles. The molecule has 1 fully saturated rings. The van der Waals surface area contributed by atoms with Crippen molar-refractivity contribution in [1.82, 2.24) is 0 Å². The molecule has 0 amide bonds. The average Bonchev–Trinajstić information content (AvgIpc) is 3.64. The van der Waals surface area contributed by atoms with Crippen molar-refractivity contribution in [2.45, 2.75) is 4.90 Å². The summed E-state index contributed by atoms with van der Waals surface area (Å²) in [6.45, 7) is 13.5. The van der Waals surface area contributed by atoms with E-state index >= 15 is 0 Å². The molecule has 4 aromatic rings. The summed E-state index contributed by atoms with van der Waals surface area (Å²) in [5, 5.41) is 4.19. The van der Waals surface area contributed by atoms with Crippen molar-refractivity contribution in [2.24, 2.45) is 0 Å². The van der Waals surface area contributed by atoms with Crippen LogP contribution in [0, 0.1) is 52.1 Å². The van der Waals surface area contributed by atoms with Crippen LogP contribution in [0.4, 0.5) is 0 Å². The van der Waals surface area contributed by atoms with Gasteiger partial charge in [-0.15, -0.1) is 0 Å². The SMILES string of the molecule is [C-]#[O+].[C-]#[O+].[C-]#[O+].[CH]1[CH][CH][CH][CH]1.[Cl][Ru][Cl].[S-]c1ccccc1.[W+2].c1ccc(P(c2ccccc2)c2ccccc2)cc1.